The van der Waals surface area contributed by atoms with E-state index in [1.165, 1.54) is 43.8 Å². The molecule has 0 spiro atoms. The van der Waals surface area contributed by atoms with Gasteiger partial charge in [-0.3, -0.25) is 4.57 Å². The molecule has 0 amide bonds. The van der Waals surface area contributed by atoms with Crippen LogP contribution in [0.15, 0.2) is 140 Å². The number of nitrogens with zero attached hydrogens (tertiary/aromatic N) is 2. The van der Waals surface area contributed by atoms with Crippen molar-refractivity contribution in [1.29, 1.82) is 0 Å². The van der Waals surface area contributed by atoms with Crippen LogP contribution < -0.4 is 4.74 Å². The molecule has 3 nitrogen and oxygen atoms in total. The predicted molar refractivity (Wildman–Crippen MR) is 182 cm³/mol. The van der Waals surface area contributed by atoms with Gasteiger partial charge < -0.3 is 4.74 Å². The molecular formula is C41H28N2O. The minimum atomic E-state index is 0.854. The minimum Gasteiger partial charge on any atom is -0.453 e. The first-order chi connectivity index (χ1) is 21.8. The van der Waals surface area contributed by atoms with Crippen LogP contribution >= 0.6 is 0 Å². The number of hydrogen-bond donors (Lipinski definition) is 0. The normalized spacial score (nSPS) is 12.0. The Labute approximate surface area is 255 Å². The van der Waals surface area contributed by atoms with Crippen LogP contribution in [0.5, 0.6) is 11.5 Å². The molecule has 9 rings (SSSR count). The van der Waals surface area contributed by atoms with Gasteiger partial charge in [0.2, 0.25) is 0 Å². The Bertz CT molecular complexity index is 2330. The molecule has 7 aromatic carbocycles. The lowest BCUT2D eigenvalue weighted by Gasteiger charge is -2.21. The summed E-state index contributed by atoms with van der Waals surface area (Å²) in [5.74, 6) is 2.76. The van der Waals surface area contributed by atoms with Gasteiger partial charge in [-0.05, 0) is 79.2 Å². The van der Waals surface area contributed by atoms with Gasteiger partial charge in [0.25, 0.3) is 0 Å². The van der Waals surface area contributed by atoms with E-state index in [0.717, 1.165) is 51.6 Å². The maximum absolute atomic E-state index is 6.45. The summed E-state index contributed by atoms with van der Waals surface area (Å²) in [7, 11) is 0. The highest BCUT2D eigenvalue weighted by atomic mass is 16.5. The van der Waals surface area contributed by atoms with Crippen LogP contribution in [0.4, 0.5) is 0 Å². The zero-order chi connectivity index (χ0) is 29.2. The van der Waals surface area contributed by atoms with Crippen LogP contribution in [0.1, 0.15) is 12.7 Å². The van der Waals surface area contributed by atoms with Crippen molar-refractivity contribution < 1.29 is 4.74 Å². The summed E-state index contributed by atoms with van der Waals surface area (Å²) in [6.45, 7) is 2.15. The molecule has 0 atom stereocenters. The molecule has 0 aliphatic carbocycles. The number of ether oxygens (including phenoxy) is 1. The van der Waals surface area contributed by atoms with Crippen LogP contribution in [0, 0.1) is 0 Å². The highest BCUT2D eigenvalue weighted by Crippen LogP contribution is 2.45. The molecule has 44 heavy (non-hydrogen) atoms. The van der Waals surface area contributed by atoms with Gasteiger partial charge in [-0.2, -0.15) is 0 Å². The maximum atomic E-state index is 6.45. The van der Waals surface area contributed by atoms with E-state index in [2.05, 4.69) is 139 Å². The number of fused-ring (bicyclic) bond motifs is 4. The maximum Gasteiger partial charge on any atom is 0.153 e. The lowest BCUT2D eigenvalue weighted by atomic mass is 9.86. The third-order valence-electron chi connectivity index (χ3n) is 8.95. The van der Waals surface area contributed by atoms with Gasteiger partial charge in [-0.15, -0.1) is 0 Å². The summed E-state index contributed by atoms with van der Waals surface area (Å²) in [6.07, 6.45) is 0.854. The van der Waals surface area contributed by atoms with Crippen LogP contribution in [0.25, 0.3) is 71.6 Å². The van der Waals surface area contributed by atoms with E-state index in [1.807, 2.05) is 12.1 Å². The molecule has 0 saturated carbocycles. The van der Waals surface area contributed by atoms with Gasteiger partial charge in [0.05, 0.1) is 11.2 Å². The number of benzene rings is 7. The Kier molecular flexibility index (Phi) is 5.48. The van der Waals surface area contributed by atoms with Gasteiger partial charge in [0.1, 0.15) is 11.3 Å². The van der Waals surface area contributed by atoms with E-state index >= 15 is 0 Å². The molecule has 3 heteroatoms. The summed E-state index contributed by atoms with van der Waals surface area (Å²) >= 11 is 0. The number of hydrogen-bond acceptors (Lipinski definition) is 2. The van der Waals surface area contributed by atoms with Crippen molar-refractivity contribution >= 4 is 32.6 Å². The van der Waals surface area contributed by atoms with E-state index in [0.29, 0.717) is 0 Å². The van der Waals surface area contributed by atoms with Crippen molar-refractivity contribution in [3.05, 3.63) is 145 Å². The minimum absolute atomic E-state index is 0.854. The highest BCUT2D eigenvalue weighted by molar-refractivity contribution is 6.21. The number of imidazole rings is 1. The largest absolute Gasteiger partial charge is 0.453 e. The Hall–Kier alpha value is -5.67. The average molecular weight is 565 g/mol. The Balaban J connectivity index is 1.17. The SMILES string of the molecule is CCc1nc2cccc3c2n1-c1ccc(-c2ccc(-c4c5ccccc5c(-c5ccccc5)c5ccccc45)cc2)cc1O3. The second kappa shape index (κ2) is 9.68. The molecule has 1 aliphatic heterocycles. The molecule has 0 N–H and O–H groups in total. The van der Waals surface area contributed by atoms with Gasteiger partial charge in [0.15, 0.2) is 11.5 Å². The third-order valence-corrected chi connectivity index (χ3v) is 8.95. The van der Waals surface area contributed by atoms with Gasteiger partial charge in [-0.1, -0.05) is 122 Å². The molecule has 1 aromatic heterocycles. The molecule has 8 aromatic rings. The molecule has 2 heterocycles. The number of aryl methyl sites for hydroxylation is 1. The Morgan fingerprint density at radius 3 is 1.73 bits per heavy atom. The van der Waals surface area contributed by atoms with Crippen molar-refractivity contribution in [1.82, 2.24) is 9.55 Å². The van der Waals surface area contributed by atoms with E-state index in [4.69, 9.17) is 9.72 Å². The van der Waals surface area contributed by atoms with Gasteiger partial charge in [0, 0.05) is 6.42 Å². The summed E-state index contributed by atoms with van der Waals surface area (Å²) in [5.41, 5.74) is 10.3. The van der Waals surface area contributed by atoms with Crippen molar-refractivity contribution in [2.75, 3.05) is 0 Å². The zero-order valence-electron chi connectivity index (χ0n) is 24.3. The molecule has 0 saturated heterocycles. The summed E-state index contributed by atoms with van der Waals surface area (Å²) < 4.78 is 8.70. The number of rotatable bonds is 4. The predicted octanol–water partition coefficient (Wildman–Crippen LogP) is 11.0. The van der Waals surface area contributed by atoms with E-state index in [9.17, 15) is 0 Å². The molecule has 0 bridgehead atoms. The lowest BCUT2D eigenvalue weighted by molar-refractivity contribution is 0.474. The van der Waals surface area contributed by atoms with E-state index < -0.39 is 0 Å². The molecule has 0 fully saturated rings. The lowest BCUT2D eigenvalue weighted by Crippen LogP contribution is -2.07. The van der Waals surface area contributed by atoms with Crippen molar-refractivity contribution in [3.63, 3.8) is 0 Å². The molecule has 0 unspecified atom stereocenters. The second-order valence-electron chi connectivity index (χ2n) is 11.4. The van der Waals surface area contributed by atoms with Gasteiger partial charge >= 0.3 is 0 Å². The number of aromatic nitrogens is 2. The summed E-state index contributed by atoms with van der Waals surface area (Å²) in [4.78, 5) is 4.87. The monoisotopic (exact) mass is 564 g/mol. The van der Waals surface area contributed by atoms with Crippen molar-refractivity contribution in [3.8, 4) is 50.6 Å². The quantitative estimate of drug-likeness (QED) is 0.199. The third kappa shape index (κ3) is 3.66. The summed E-state index contributed by atoms with van der Waals surface area (Å²) in [5, 5.41) is 5.06. The highest BCUT2D eigenvalue weighted by Gasteiger charge is 2.24. The standard InChI is InChI=1S/C41H28N2O/c1-2-38-42-34-17-10-18-36-41(34)43(38)35-24-23-29(25-37(35)44-36)26-19-21-28(22-20-26)40-32-15-8-6-13-30(32)39(27-11-4-3-5-12-27)31-14-7-9-16-33(31)40/h3-25H,2H2,1H3. The van der Waals surface area contributed by atoms with E-state index in [-0.39, 0.29) is 0 Å². The molecule has 1 aliphatic rings. The fraction of sp³-hybridized carbons (Fsp3) is 0.0488. The Morgan fingerprint density at radius 1 is 0.523 bits per heavy atom. The van der Waals surface area contributed by atoms with Crippen LogP contribution in [-0.2, 0) is 6.42 Å². The number of para-hydroxylation sites is 1. The average Bonchev–Trinajstić information content (AvgIpc) is 3.47. The fourth-order valence-corrected chi connectivity index (χ4v) is 6.99. The van der Waals surface area contributed by atoms with E-state index in [1.54, 1.807) is 0 Å². The Morgan fingerprint density at radius 2 is 1.09 bits per heavy atom. The fourth-order valence-electron chi connectivity index (χ4n) is 6.99. The van der Waals surface area contributed by atoms with Gasteiger partial charge in [-0.25, -0.2) is 4.98 Å². The first-order valence-electron chi connectivity index (χ1n) is 15.2. The first kappa shape index (κ1) is 24.9. The first-order valence-corrected chi connectivity index (χ1v) is 15.2. The van der Waals surface area contributed by atoms with Crippen LogP contribution in [0.2, 0.25) is 0 Å². The molecule has 208 valence electrons. The summed E-state index contributed by atoms with van der Waals surface area (Å²) in [6, 6.07) is 49.9. The van der Waals surface area contributed by atoms with Crippen LogP contribution in [-0.4, -0.2) is 9.55 Å². The molecular weight excluding hydrogens is 536 g/mol. The van der Waals surface area contributed by atoms with Crippen LogP contribution in [0.3, 0.4) is 0 Å². The second-order valence-corrected chi connectivity index (χ2v) is 11.4. The zero-order valence-corrected chi connectivity index (χ0v) is 24.3. The van der Waals surface area contributed by atoms with Crippen molar-refractivity contribution in [2.24, 2.45) is 0 Å². The molecule has 0 radical (unpaired) electrons. The topological polar surface area (TPSA) is 27.1 Å². The smallest absolute Gasteiger partial charge is 0.153 e. The van der Waals surface area contributed by atoms with Crippen molar-refractivity contribution in [2.45, 2.75) is 13.3 Å².